The summed E-state index contributed by atoms with van der Waals surface area (Å²) in [6.45, 7) is 1.71. The van der Waals surface area contributed by atoms with E-state index in [1.807, 2.05) is 12.1 Å². The van der Waals surface area contributed by atoms with Crippen LogP contribution >= 0.6 is 0 Å². The Balaban J connectivity index is 2.12. The summed E-state index contributed by atoms with van der Waals surface area (Å²) in [6, 6.07) is 7.51. The molecule has 1 aromatic carbocycles. The number of anilines is 2. The molecule has 2 aromatic rings. The molecule has 0 fully saturated rings. The molecule has 0 atom stereocenters. The second-order valence-electron chi connectivity index (χ2n) is 3.95. The minimum atomic E-state index is -0.949. The number of hydrogen-bond acceptors (Lipinski definition) is 5. The van der Waals surface area contributed by atoms with Gasteiger partial charge in [0.1, 0.15) is 17.9 Å². The first-order valence-electron chi connectivity index (χ1n) is 5.67. The number of methoxy groups -OCH3 is 1. The largest absolute Gasteiger partial charge is 0.497 e. The van der Waals surface area contributed by atoms with Gasteiger partial charge in [0.15, 0.2) is 0 Å². The Morgan fingerprint density at radius 1 is 1.42 bits per heavy atom. The Labute approximate surface area is 110 Å². The summed E-state index contributed by atoms with van der Waals surface area (Å²) < 4.78 is 10.4. The molecule has 6 nitrogen and oxygen atoms in total. The fourth-order valence-corrected chi connectivity index (χ4v) is 1.58. The third kappa shape index (κ3) is 3.25. The number of oxazole rings is 1. The molecule has 100 valence electrons. The van der Waals surface area contributed by atoms with Gasteiger partial charge in [-0.1, -0.05) is 0 Å². The molecule has 0 unspecified atom stereocenters. The molecule has 1 aromatic heterocycles. The number of carboxylic acid groups (broad SMARTS) is 1. The summed E-state index contributed by atoms with van der Waals surface area (Å²) in [4.78, 5) is 14.8. The van der Waals surface area contributed by atoms with Crippen LogP contribution in [0.4, 0.5) is 11.7 Å². The summed E-state index contributed by atoms with van der Waals surface area (Å²) in [6.07, 6.45) is -0.177. The molecule has 0 amide bonds. The molecule has 0 bridgehead atoms. The number of hydrogen-bond donors (Lipinski definition) is 2. The minimum absolute atomic E-state index is 0.177. The van der Waals surface area contributed by atoms with Crippen LogP contribution < -0.4 is 10.1 Å². The van der Waals surface area contributed by atoms with Gasteiger partial charge in [-0.3, -0.25) is 4.79 Å². The highest BCUT2D eigenvalue weighted by atomic mass is 16.5. The van der Waals surface area contributed by atoms with Crippen molar-refractivity contribution in [2.24, 2.45) is 0 Å². The smallest absolute Gasteiger partial charge is 0.311 e. The Hall–Kier alpha value is -2.50. The van der Waals surface area contributed by atoms with Gasteiger partial charge in [-0.2, -0.15) is 4.98 Å². The number of nitrogens with one attached hydrogen (secondary N) is 1. The summed E-state index contributed by atoms with van der Waals surface area (Å²) in [5.74, 6) is 0.152. The van der Waals surface area contributed by atoms with E-state index >= 15 is 0 Å². The van der Waals surface area contributed by atoms with Gasteiger partial charge in [0.2, 0.25) is 0 Å². The van der Waals surface area contributed by atoms with Crippen LogP contribution in [0.5, 0.6) is 5.75 Å². The normalized spacial score (nSPS) is 10.2. The first kappa shape index (κ1) is 12.9. The van der Waals surface area contributed by atoms with E-state index in [-0.39, 0.29) is 12.4 Å². The van der Waals surface area contributed by atoms with E-state index in [9.17, 15) is 4.79 Å². The van der Waals surface area contributed by atoms with Gasteiger partial charge < -0.3 is 19.6 Å². The fourth-order valence-electron chi connectivity index (χ4n) is 1.58. The number of aliphatic carboxylic acids is 1. The molecular formula is C13H14N2O4. The Bertz CT molecular complexity index is 575. The highest BCUT2D eigenvalue weighted by Crippen LogP contribution is 2.21. The lowest BCUT2D eigenvalue weighted by Crippen LogP contribution is -1.99. The monoisotopic (exact) mass is 262 g/mol. The van der Waals surface area contributed by atoms with Crippen molar-refractivity contribution in [3.05, 3.63) is 35.7 Å². The van der Waals surface area contributed by atoms with Crippen molar-refractivity contribution in [2.45, 2.75) is 13.3 Å². The molecule has 2 N–H and O–H groups in total. The summed E-state index contributed by atoms with van der Waals surface area (Å²) in [7, 11) is 1.60. The van der Waals surface area contributed by atoms with Crippen LogP contribution in [-0.2, 0) is 11.2 Å². The summed E-state index contributed by atoms with van der Waals surface area (Å²) >= 11 is 0. The Morgan fingerprint density at radius 2 is 2.11 bits per heavy atom. The molecule has 0 spiro atoms. The first-order valence-corrected chi connectivity index (χ1v) is 5.67. The second kappa shape index (κ2) is 5.43. The number of benzene rings is 1. The third-order valence-corrected chi connectivity index (χ3v) is 2.55. The maximum atomic E-state index is 10.6. The van der Waals surface area contributed by atoms with Gasteiger partial charge in [0.05, 0.1) is 12.8 Å². The van der Waals surface area contributed by atoms with Crippen LogP contribution in [0.3, 0.4) is 0 Å². The zero-order chi connectivity index (χ0) is 13.8. The van der Waals surface area contributed by atoms with Crippen molar-refractivity contribution in [1.29, 1.82) is 0 Å². The van der Waals surface area contributed by atoms with Crippen molar-refractivity contribution in [3.63, 3.8) is 0 Å². The predicted molar refractivity (Wildman–Crippen MR) is 68.9 cm³/mol. The van der Waals surface area contributed by atoms with E-state index in [4.69, 9.17) is 14.3 Å². The van der Waals surface area contributed by atoms with Gasteiger partial charge in [-0.05, 0) is 31.2 Å². The number of ether oxygens (including phenoxy) is 1. The summed E-state index contributed by atoms with van der Waals surface area (Å²) in [5.41, 5.74) is 1.35. The highest BCUT2D eigenvalue weighted by molar-refractivity contribution is 5.69. The lowest BCUT2D eigenvalue weighted by atomic mass is 10.3. The molecule has 1 heterocycles. The van der Waals surface area contributed by atoms with E-state index in [2.05, 4.69) is 10.3 Å². The maximum absolute atomic E-state index is 10.6. The number of rotatable bonds is 5. The Morgan fingerprint density at radius 3 is 2.68 bits per heavy atom. The average Bonchev–Trinajstić information content (AvgIpc) is 2.70. The number of carbonyl (C=O) groups is 1. The number of aryl methyl sites for hydroxylation is 1. The topological polar surface area (TPSA) is 84.6 Å². The van der Waals surface area contributed by atoms with E-state index < -0.39 is 5.97 Å². The molecule has 0 saturated carbocycles. The van der Waals surface area contributed by atoms with Crippen LogP contribution in [0.1, 0.15) is 11.5 Å². The molecular weight excluding hydrogens is 248 g/mol. The van der Waals surface area contributed by atoms with Crippen LogP contribution in [-0.4, -0.2) is 23.2 Å². The van der Waals surface area contributed by atoms with E-state index in [0.717, 1.165) is 11.4 Å². The SMILES string of the molecule is COc1ccc(Nc2nc(C)c(CC(=O)O)o2)cc1. The Kier molecular flexibility index (Phi) is 3.70. The van der Waals surface area contributed by atoms with Crippen LogP contribution in [0.25, 0.3) is 0 Å². The summed E-state index contributed by atoms with van der Waals surface area (Å²) in [5, 5.41) is 11.7. The molecule has 19 heavy (non-hydrogen) atoms. The molecule has 0 aliphatic carbocycles. The van der Waals surface area contributed by atoms with Gasteiger partial charge in [-0.25, -0.2) is 0 Å². The van der Waals surface area contributed by atoms with E-state index in [1.54, 1.807) is 26.2 Å². The van der Waals surface area contributed by atoms with Crippen LogP contribution in [0.15, 0.2) is 28.7 Å². The molecule has 0 aliphatic heterocycles. The van der Waals surface area contributed by atoms with Crippen LogP contribution in [0, 0.1) is 6.92 Å². The van der Waals surface area contributed by atoms with Crippen LogP contribution in [0.2, 0.25) is 0 Å². The van der Waals surface area contributed by atoms with Crippen molar-refractivity contribution in [2.75, 3.05) is 12.4 Å². The average molecular weight is 262 g/mol. The van der Waals surface area contributed by atoms with Gasteiger partial charge in [0, 0.05) is 5.69 Å². The lowest BCUT2D eigenvalue weighted by molar-refractivity contribution is -0.136. The predicted octanol–water partition coefficient (Wildman–Crippen LogP) is 2.36. The third-order valence-electron chi connectivity index (χ3n) is 2.55. The molecule has 6 heteroatoms. The molecule has 0 radical (unpaired) electrons. The minimum Gasteiger partial charge on any atom is -0.497 e. The molecule has 0 saturated heterocycles. The molecule has 0 aliphatic rings. The fraction of sp³-hybridized carbons (Fsp3) is 0.231. The van der Waals surface area contributed by atoms with Crippen molar-refractivity contribution >= 4 is 17.7 Å². The standard InChI is InChI=1S/C13H14N2O4/c1-8-11(7-12(16)17)19-13(14-8)15-9-3-5-10(18-2)6-4-9/h3-6H,7H2,1-2H3,(H,14,15)(H,16,17). The number of aromatic nitrogens is 1. The van der Waals surface area contributed by atoms with Gasteiger partial charge in [-0.15, -0.1) is 0 Å². The van der Waals surface area contributed by atoms with Crippen molar-refractivity contribution < 1.29 is 19.1 Å². The number of carboxylic acids is 1. The zero-order valence-corrected chi connectivity index (χ0v) is 10.6. The van der Waals surface area contributed by atoms with E-state index in [1.165, 1.54) is 0 Å². The van der Waals surface area contributed by atoms with Gasteiger partial charge in [0.25, 0.3) is 6.01 Å². The quantitative estimate of drug-likeness (QED) is 0.860. The first-order chi connectivity index (χ1) is 9.08. The highest BCUT2D eigenvalue weighted by Gasteiger charge is 2.12. The number of nitrogens with zero attached hydrogens (tertiary/aromatic N) is 1. The van der Waals surface area contributed by atoms with Gasteiger partial charge >= 0.3 is 5.97 Å². The zero-order valence-electron chi connectivity index (χ0n) is 10.6. The van der Waals surface area contributed by atoms with E-state index in [0.29, 0.717) is 11.5 Å². The second-order valence-corrected chi connectivity index (χ2v) is 3.95. The molecule has 2 rings (SSSR count). The lowest BCUT2D eigenvalue weighted by Gasteiger charge is -2.03. The maximum Gasteiger partial charge on any atom is 0.311 e. The van der Waals surface area contributed by atoms with Crippen molar-refractivity contribution in [3.8, 4) is 5.75 Å². The van der Waals surface area contributed by atoms with Crippen molar-refractivity contribution in [1.82, 2.24) is 4.98 Å².